The van der Waals surface area contributed by atoms with Gasteiger partial charge in [0.15, 0.2) is 5.82 Å². The fourth-order valence-corrected chi connectivity index (χ4v) is 8.43. The number of benzene rings is 9. The van der Waals surface area contributed by atoms with Gasteiger partial charge in [-0.2, -0.15) is 0 Å². The number of hydrogen-bond donors (Lipinski definition) is 0. The summed E-state index contributed by atoms with van der Waals surface area (Å²) in [6.07, 6.45) is 1.84. The van der Waals surface area contributed by atoms with Crippen LogP contribution in [0.5, 0.6) is 0 Å². The van der Waals surface area contributed by atoms with Crippen LogP contribution in [0.1, 0.15) is 0 Å². The summed E-state index contributed by atoms with van der Waals surface area (Å²) in [7, 11) is 0. The number of rotatable bonds is 6. The Morgan fingerprint density at radius 2 is 0.914 bits per heavy atom. The van der Waals surface area contributed by atoms with Crippen molar-refractivity contribution >= 4 is 43.2 Å². The van der Waals surface area contributed by atoms with E-state index in [2.05, 4.69) is 193 Å². The first kappa shape index (κ1) is 33.6. The van der Waals surface area contributed by atoms with Gasteiger partial charge in [0.25, 0.3) is 0 Å². The summed E-state index contributed by atoms with van der Waals surface area (Å²) in [6.45, 7) is 0. The lowest BCUT2D eigenvalue weighted by atomic mass is 9.90. The lowest BCUT2D eigenvalue weighted by molar-refractivity contribution is 1.23. The molecule has 0 spiro atoms. The molecule has 2 heterocycles. The van der Waals surface area contributed by atoms with Gasteiger partial charge in [0.05, 0.1) is 16.9 Å². The quantitative estimate of drug-likeness (QED) is 0.160. The zero-order valence-corrected chi connectivity index (χ0v) is 31.5. The van der Waals surface area contributed by atoms with Crippen molar-refractivity contribution in [1.29, 1.82) is 0 Å². The number of nitrogens with zero attached hydrogens (tertiary/aromatic N) is 3. The number of pyridine rings is 1. The van der Waals surface area contributed by atoms with Gasteiger partial charge in [0.2, 0.25) is 0 Å². The van der Waals surface area contributed by atoms with E-state index in [1.54, 1.807) is 0 Å². The monoisotopic (exact) mass is 737 g/mol. The van der Waals surface area contributed by atoms with Crippen LogP contribution < -0.4 is 0 Å². The van der Waals surface area contributed by atoms with Gasteiger partial charge < -0.3 is 0 Å². The van der Waals surface area contributed by atoms with Gasteiger partial charge in [0, 0.05) is 33.7 Å². The van der Waals surface area contributed by atoms with Crippen molar-refractivity contribution in [3.05, 3.63) is 212 Å². The average molecular weight is 738 g/mol. The molecule has 0 saturated heterocycles. The first-order valence-electron chi connectivity index (χ1n) is 19.7. The molecule has 0 aliphatic heterocycles. The Balaban J connectivity index is 1.17. The third-order valence-electron chi connectivity index (χ3n) is 11.3. The van der Waals surface area contributed by atoms with Crippen molar-refractivity contribution < 1.29 is 0 Å². The molecule has 0 aliphatic carbocycles. The van der Waals surface area contributed by atoms with Crippen molar-refractivity contribution in [3.63, 3.8) is 0 Å². The van der Waals surface area contributed by atoms with E-state index in [0.717, 1.165) is 72.0 Å². The molecule has 0 saturated carbocycles. The molecule has 3 heteroatoms. The molecule has 9 aromatic carbocycles. The fourth-order valence-electron chi connectivity index (χ4n) is 8.43. The summed E-state index contributed by atoms with van der Waals surface area (Å²) in [4.78, 5) is 15.6. The molecular weight excluding hydrogens is 703 g/mol. The van der Waals surface area contributed by atoms with E-state index in [1.165, 1.54) is 32.7 Å². The van der Waals surface area contributed by atoms with Crippen LogP contribution in [0.4, 0.5) is 0 Å². The van der Waals surface area contributed by atoms with Crippen LogP contribution in [0.15, 0.2) is 212 Å². The first-order valence-corrected chi connectivity index (χ1v) is 19.7. The highest BCUT2D eigenvalue weighted by Crippen LogP contribution is 2.40. The molecule has 0 fully saturated rings. The highest BCUT2D eigenvalue weighted by molar-refractivity contribution is 6.14. The fraction of sp³-hybridized carbons (Fsp3) is 0. The minimum Gasteiger partial charge on any atom is -0.256 e. The molecule has 0 unspecified atom stereocenters. The molecule has 0 aliphatic rings. The number of fused-ring (bicyclic) bond motifs is 6. The van der Waals surface area contributed by atoms with Gasteiger partial charge in [-0.3, -0.25) is 4.98 Å². The molecule has 11 rings (SSSR count). The van der Waals surface area contributed by atoms with Crippen LogP contribution in [0.3, 0.4) is 0 Å². The molecule has 58 heavy (non-hydrogen) atoms. The second kappa shape index (κ2) is 14.1. The standard InChI is InChI=1S/C55H35N3/c1-2-13-36(14-3-1)40-17-12-18-42(31-40)53-50-29-28-38-15-4-7-20-47(38)54(50)58-55(57-53)45-33-43(37-24-26-39(27-25-37)52-23-10-11-30-56-52)32-44(34-45)51-35-41-16-5-6-19-46(41)48-21-8-9-22-49(48)51/h1-35H. The molecule has 0 N–H and O–H groups in total. The van der Waals surface area contributed by atoms with E-state index in [4.69, 9.17) is 9.97 Å². The molecule has 0 bridgehead atoms. The van der Waals surface area contributed by atoms with E-state index in [1.807, 2.05) is 24.4 Å². The van der Waals surface area contributed by atoms with Crippen molar-refractivity contribution in [2.24, 2.45) is 0 Å². The van der Waals surface area contributed by atoms with Crippen LogP contribution in [0.2, 0.25) is 0 Å². The maximum Gasteiger partial charge on any atom is 0.160 e. The highest BCUT2D eigenvalue weighted by atomic mass is 14.9. The zero-order chi connectivity index (χ0) is 38.4. The number of aromatic nitrogens is 3. The molecule has 2 aromatic heterocycles. The lowest BCUT2D eigenvalue weighted by Crippen LogP contribution is -1.97. The minimum absolute atomic E-state index is 0.683. The normalized spacial score (nSPS) is 11.4. The van der Waals surface area contributed by atoms with E-state index < -0.39 is 0 Å². The van der Waals surface area contributed by atoms with Gasteiger partial charge in [-0.05, 0) is 109 Å². The van der Waals surface area contributed by atoms with Gasteiger partial charge >= 0.3 is 0 Å². The molecule has 11 aromatic rings. The summed E-state index contributed by atoms with van der Waals surface area (Å²) >= 11 is 0. The highest BCUT2D eigenvalue weighted by Gasteiger charge is 2.18. The second-order valence-electron chi connectivity index (χ2n) is 14.8. The van der Waals surface area contributed by atoms with Gasteiger partial charge in [-0.1, -0.05) is 158 Å². The number of hydrogen-bond acceptors (Lipinski definition) is 3. The molecule has 0 atom stereocenters. The Morgan fingerprint density at radius 1 is 0.293 bits per heavy atom. The Kier molecular flexibility index (Phi) is 8.15. The lowest BCUT2D eigenvalue weighted by Gasteiger charge is -2.16. The maximum absolute atomic E-state index is 5.50. The van der Waals surface area contributed by atoms with Gasteiger partial charge in [-0.25, -0.2) is 9.97 Å². The van der Waals surface area contributed by atoms with E-state index in [-0.39, 0.29) is 0 Å². The van der Waals surface area contributed by atoms with Crippen molar-refractivity contribution in [2.45, 2.75) is 0 Å². The van der Waals surface area contributed by atoms with Crippen LogP contribution in [0.25, 0.3) is 111 Å². The van der Waals surface area contributed by atoms with Crippen LogP contribution in [0, 0.1) is 0 Å². The summed E-state index contributed by atoms with van der Waals surface area (Å²) in [5.41, 5.74) is 12.7. The first-order chi connectivity index (χ1) is 28.7. The van der Waals surface area contributed by atoms with Crippen LogP contribution in [-0.4, -0.2) is 15.0 Å². The predicted molar refractivity (Wildman–Crippen MR) is 242 cm³/mol. The second-order valence-corrected chi connectivity index (χ2v) is 14.8. The summed E-state index contributed by atoms with van der Waals surface area (Å²) < 4.78 is 0. The van der Waals surface area contributed by atoms with E-state index >= 15 is 0 Å². The van der Waals surface area contributed by atoms with Crippen LogP contribution >= 0.6 is 0 Å². The minimum atomic E-state index is 0.683. The summed E-state index contributed by atoms with van der Waals surface area (Å²) in [5, 5.41) is 8.16. The molecule has 270 valence electrons. The van der Waals surface area contributed by atoms with E-state index in [0.29, 0.717) is 5.82 Å². The third kappa shape index (κ3) is 5.98. The molecule has 3 nitrogen and oxygen atoms in total. The maximum atomic E-state index is 5.50. The zero-order valence-electron chi connectivity index (χ0n) is 31.5. The molecule has 0 amide bonds. The predicted octanol–water partition coefficient (Wildman–Crippen LogP) is 14.5. The SMILES string of the molecule is c1ccc(-c2cccc(-c3nc(-c4cc(-c5ccc(-c6ccccn6)cc5)cc(-c5cc6ccccc6c6ccccc56)c4)nc4c3ccc3ccccc34)c2)cc1. The Hall–Kier alpha value is -7.75. The van der Waals surface area contributed by atoms with E-state index in [9.17, 15) is 0 Å². The largest absolute Gasteiger partial charge is 0.256 e. The topological polar surface area (TPSA) is 38.7 Å². The van der Waals surface area contributed by atoms with Crippen molar-refractivity contribution in [1.82, 2.24) is 15.0 Å². The Bertz CT molecular complexity index is 3320. The average Bonchev–Trinajstić information content (AvgIpc) is 3.31. The Morgan fingerprint density at radius 3 is 1.74 bits per heavy atom. The molecular formula is C55H35N3. The smallest absolute Gasteiger partial charge is 0.160 e. The Labute approximate surface area is 336 Å². The summed E-state index contributed by atoms with van der Waals surface area (Å²) in [5.74, 6) is 0.683. The third-order valence-corrected chi connectivity index (χ3v) is 11.3. The van der Waals surface area contributed by atoms with Gasteiger partial charge in [-0.15, -0.1) is 0 Å². The summed E-state index contributed by atoms with van der Waals surface area (Å²) in [6, 6.07) is 73.4. The van der Waals surface area contributed by atoms with Crippen molar-refractivity contribution in [2.75, 3.05) is 0 Å². The van der Waals surface area contributed by atoms with Gasteiger partial charge in [0.1, 0.15) is 0 Å². The van der Waals surface area contributed by atoms with Crippen LogP contribution in [-0.2, 0) is 0 Å². The van der Waals surface area contributed by atoms with Crippen molar-refractivity contribution in [3.8, 4) is 67.3 Å². The molecule has 0 radical (unpaired) electrons.